The van der Waals surface area contributed by atoms with E-state index in [-0.39, 0.29) is 0 Å². The highest BCUT2D eigenvalue weighted by Crippen LogP contribution is 2.15. The molecule has 0 unspecified atom stereocenters. The molecule has 0 aliphatic carbocycles. The van der Waals surface area contributed by atoms with Gasteiger partial charge in [0, 0.05) is 7.11 Å². The van der Waals surface area contributed by atoms with E-state index >= 15 is 0 Å². The van der Waals surface area contributed by atoms with Crippen molar-refractivity contribution in [2.45, 2.75) is 19.3 Å². The number of rotatable bonds is 2. The molecule has 0 N–H and O–H groups in total. The van der Waals surface area contributed by atoms with Crippen molar-refractivity contribution in [3.05, 3.63) is 0 Å². The molecule has 2 nitrogen and oxygen atoms in total. The Hall–Kier alpha value is -0.0800. The first-order valence-corrected chi connectivity index (χ1v) is 4.09. The van der Waals surface area contributed by atoms with E-state index in [1.165, 1.54) is 32.4 Å². The molecule has 0 saturated carbocycles. The number of likely N-dealkylation sites (tertiary alicyclic amines) is 1. The topological polar surface area (TPSA) is 9.23 Å². The minimum absolute atomic E-state index is 0.889. The van der Waals surface area contributed by atoms with Gasteiger partial charge in [0.25, 0.3) is 0 Å². The molecule has 1 aliphatic heterocycles. The van der Waals surface area contributed by atoms with Gasteiger partial charge in [-0.15, -0.1) is 0 Å². The number of methoxy groups -OCH3 is 1. The first kappa shape index (κ1) is 8.02. The molecule has 1 rings (SSSR count). The molecule has 0 atom stereocenters. The maximum atomic E-state index is 5.16. The van der Waals surface area contributed by atoms with Crippen LogP contribution in [0, 0.1) is 0 Å². The van der Waals surface area contributed by atoms with Gasteiger partial charge in [0.05, 0.1) is 20.1 Å². The molecule has 0 bridgehead atoms. The third-order valence-corrected chi connectivity index (χ3v) is 2.34. The normalized spacial score (nSPS) is 24.6. The first-order valence-electron chi connectivity index (χ1n) is 4.09. The van der Waals surface area contributed by atoms with Crippen molar-refractivity contribution in [2.24, 2.45) is 0 Å². The molecule has 0 aromatic carbocycles. The summed E-state index contributed by atoms with van der Waals surface area (Å²) >= 11 is 0. The SMILES string of the molecule is COC[N+]1(C)CCCCC1. The van der Waals surface area contributed by atoms with Crippen molar-refractivity contribution < 1.29 is 9.22 Å². The van der Waals surface area contributed by atoms with Crippen LogP contribution in [0.15, 0.2) is 0 Å². The monoisotopic (exact) mass is 144 g/mol. The molecule has 0 aromatic rings. The van der Waals surface area contributed by atoms with Crippen LogP contribution in [-0.2, 0) is 4.74 Å². The van der Waals surface area contributed by atoms with Gasteiger partial charge in [-0.1, -0.05) is 0 Å². The Morgan fingerprint density at radius 3 is 2.30 bits per heavy atom. The molecule has 1 heterocycles. The van der Waals surface area contributed by atoms with Crippen LogP contribution in [0.2, 0.25) is 0 Å². The van der Waals surface area contributed by atoms with E-state index in [9.17, 15) is 0 Å². The molecule has 0 spiro atoms. The zero-order valence-electron chi connectivity index (χ0n) is 7.10. The summed E-state index contributed by atoms with van der Waals surface area (Å²) in [5.41, 5.74) is 0. The molecule has 1 fully saturated rings. The smallest absolute Gasteiger partial charge is 0.182 e. The van der Waals surface area contributed by atoms with Crippen molar-refractivity contribution >= 4 is 0 Å². The van der Waals surface area contributed by atoms with Crippen LogP contribution in [0.5, 0.6) is 0 Å². The Morgan fingerprint density at radius 2 is 1.80 bits per heavy atom. The van der Waals surface area contributed by atoms with E-state index in [1.807, 2.05) is 0 Å². The highest BCUT2D eigenvalue weighted by molar-refractivity contribution is 4.48. The molecule has 1 aliphatic rings. The lowest BCUT2D eigenvalue weighted by Gasteiger charge is -2.36. The van der Waals surface area contributed by atoms with Crippen molar-refractivity contribution in [3.8, 4) is 0 Å². The van der Waals surface area contributed by atoms with E-state index in [4.69, 9.17) is 4.74 Å². The Kier molecular flexibility index (Phi) is 2.69. The number of hydrogen-bond acceptors (Lipinski definition) is 1. The second-order valence-electron chi connectivity index (χ2n) is 3.55. The minimum atomic E-state index is 0.889. The standard InChI is InChI=1S/C8H18NO/c1-9(8-10-2)6-4-3-5-7-9/h3-8H2,1-2H3/q+1. The average molecular weight is 144 g/mol. The largest absolute Gasteiger partial charge is 0.335 e. The van der Waals surface area contributed by atoms with Crippen LogP contribution in [0.3, 0.4) is 0 Å². The molecular weight excluding hydrogens is 126 g/mol. The zero-order valence-corrected chi connectivity index (χ0v) is 7.10. The molecule has 1 saturated heterocycles. The van der Waals surface area contributed by atoms with Gasteiger partial charge in [0.2, 0.25) is 0 Å². The van der Waals surface area contributed by atoms with E-state index in [0.29, 0.717) is 0 Å². The predicted octanol–water partition coefficient (Wildman–Crippen LogP) is 1.22. The summed E-state index contributed by atoms with van der Waals surface area (Å²) in [5.74, 6) is 0. The maximum Gasteiger partial charge on any atom is 0.182 e. The fourth-order valence-corrected chi connectivity index (χ4v) is 1.72. The number of quaternary nitrogens is 1. The molecular formula is C8H18NO+. The lowest BCUT2D eigenvalue weighted by Crippen LogP contribution is -2.48. The van der Waals surface area contributed by atoms with Crippen molar-refractivity contribution in [2.75, 3.05) is 34.0 Å². The van der Waals surface area contributed by atoms with Gasteiger partial charge in [-0.05, 0) is 19.3 Å². The quantitative estimate of drug-likeness (QED) is 0.529. The minimum Gasteiger partial charge on any atom is -0.335 e. The van der Waals surface area contributed by atoms with E-state index in [1.54, 1.807) is 7.11 Å². The van der Waals surface area contributed by atoms with Gasteiger partial charge < -0.3 is 9.22 Å². The summed E-state index contributed by atoms with van der Waals surface area (Å²) < 4.78 is 6.28. The van der Waals surface area contributed by atoms with Gasteiger partial charge in [0.15, 0.2) is 6.73 Å². The third kappa shape index (κ3) is 1.96. The van der Waals surface area contributed by atoms with Gasteiger partial charge in [0.1, 0.15) is 0 Å². The van der Waals surface area contributed by atoms with Crippen LogP contribution in [0.1, 0.15) is 19.3 Å². The summed E-state index contributed by atoms with van der Waals surface area (Å²) in [6.45, 7) is 3.49. The Balaban J connectivity index is 2.32. The molecule has 60 valence electrons. The highest BCUT2D eigenvalue weighted by Gasteiger charge is 2.23. The van der Waals surface area contributed by atoms with Gasteiger partial charge in [-0.25, -0.2) is 0 Å². The fraction of sp³-hybridized carbons (Fsp3) is 1.00. The second kappa shape index (κ2) is 3.35. The van der Waals surface area contributed by atoms with Crippen LogP contribution in [0.25, 0.3) is 0 Å². The first-order chi connectivity index (χ1) is 4.77. The van der Waals surface area contributed by atoms with Crippen molar-refractivity contribution in [1.82, 2.24) is 0 Å². The number of ether oxygens (including phenoxy) is 1. The van der Waals surface area contributed by atoms with E-state index in [2.05, 4.69) is 7.05 Å². The van der Waals surface area contributed by atoms with Crippen LogP contribution < -0.4 is 0 Å². The summed E-state index contributed by atoms with van der Waals surface area (Å²) in [5, 5.41) is 0. The van der Waals surface area contributed by atoms with Crippen molar-refractivity contribution in [1.29, 1.82) is 0 Å². The Bertz CT molecular complexity index is 91.9. The van der Waals surface area contributed by atoms with Crippen LogP contribution >= 0.6 is 0 Å². The molecule has 0 amide bonds. The summed E-state index contributed by atoms with van der Waals surface area (Å²) in [6, 6.07) is 0. The third-order valence-electron chi connectivity index (χ3n) is 2.34. The van der Waals surface area contributed by atoms with Gasteiger partial charge in [-0.3, -0.25) is 0 Å². The van der Waals surface area contributed by atoms with Crippen LogP contribution in [-0.4, -0.2) is 38.5 Å². The van der Waals surface area contributed by atoms with Gasteiger partial charge in [-0.2, -0.15) is 0 Å². The van der Waals surface area contributed by atoms with Gasteiger partial charge >= 0.3 is 0 Å². The Morgan fingerprint density at radius 1 is 1.20 bits per heavy atom. The number of nitrogens with zero attached hydrogens (tertiary/aromatic N) is 1. The Labute approximate surface area is 63.4 Å². The lowest BCUT2D eigenvalue weighted by molar-refractivity contribution is -0.931. The van der Waals surface area contributed by atoms with E-state index in [0.717, 1.165) is 11.2 Å². The summed E-state index contributed by atoms with van der Waals surface area (Å²) in [7, 11) is 4.07. The second-order valence-corrected chi connectivity index (χ2v) is 3.55. The number of hydrogen-bond donors (Lipinski definition) is 0. The molecule has 2 heteroatoms. The summed E-state index contributed by atoms with van der Waals surface area (Å²) in [4.78, 5) is 0. The molecule has 10 heavy (non-hydrogen) atoms. The molecule has 0 radical (unpaired) electrons. The number of piperidine rings is 1. The van der Waals surface area contributed by atoms with Crippen molar-refractivity contribution in [3.63, 3.8) is 0 Å². The summed E-state index contributed by atoms with van der Waals surface area (Å²) in [6.07, 6.45) is 4.16. The maximum absolute atomic E-state index is 5.16. The fourth-order valence-electron chi connectivity index (χ4n) is 1.72. The lowest BCUT2D eigenvalue weighted by atomic mass is 10.1. The molecule has 0 aromatic heterocycles. The zero-order chi connectivity index (χ0) is 7.45. The average Bonchev–Trinajstić information content (AvgIpc) is 1.89. The predicted molar refractivity (Wildman–Crippen MR) is 41.6 cm³/mol. The van der Waals surface area contributed by atoms with Crippen LogP contribution in [0.4, 0.5) is 0 Å². The highest BCUT2D eigenvalue weighted by atomic mass is 16.5. The van der Waals surface area contributed by atoms with E-state index < -0.39 is 0 Å².